The van der Waals surface area contributed by atoms with Gasteiger partial charge in [-0.1, -0.05) is 13.8 Å². The zero-order chi connectivity index (χ0) is 11.7. The third-order valence-electron chi connectivity index (χ3n) is 1.53. The topological polar surface area (TPSA) is 18.5 Å². The van der Waals surface area contributed by atoms with Gasteiger partial charge in [0, 0.05) is 34.0 Å². The van der Waals surface area contributed by atoms with E-state index in [4.69, 9.17) is 9.47 Å². The van der Waals surface area contributed by atoms with Crippen molar-refractivity contribution < 1.29 is 9.47 Å². The van der Waals surface area contributed by atoms with Crippen LogP contribution in [-0.4, -0.2) is 13.2 Å². The Balaban J connectivity index is 0.000000921. The van der Waals surface area contributed by atoms with E-state index in [-0.39, 0.29) is 6.29 Å². The standard InChI is InChI=1S/C9H13BrO2S.C2H6/c1-3-11-9(12-4-2)7-5-13-6-8(7)10;1-2/h5-6,9H,3-4H2,1-2H3;1-2H3. The van der Waals surface area contributed by atoms with Crippen molar-refractivity contribution >= 4 is 27.3 Å². The van der Waals surface area contributed by atoms with E-state index in [0.717, 1.165) is 10.0 Å². The third-order valence-corrected chi connectivity index (χ3v) is 3.28. The number of hydrogen-bond donors (Lipinski definition) is 0. The minimum absolute atomic E-state index is 0.226. The first kappa shape index (κ1) is 15.1. The van der Waals surface area contributed by atoms with E-state index in [9.17, 15) is 0 Å². The summed E-state index contributed by atoms with van der Waals surface area (Å²) in [5.41, 5.74) is 1.08. The highest BCUT2D eigenvalue weighted by atomic mass is 79.9. The summed E-state index contributed by atoms with van der Waals surface area (Å²) in [7, 11) is 0. The third kappa shape index (κ3) is 5.11. The molecule has 0 spiro atoms. The molecular formula is C11H19BrO2S. The summed E-state index contributed by atoms with van der Waals surface area (Å²) in [6, 6.07) is 0. The van der Waals surface area contributed by atoms with Gasteiger partial charge < -0.3 is 9.47 Å². The van der Waals surface area contributed by atoms with Gasteiger partial charge in [-0.25, -0.2) is 0 Å². The van der Waals surface area contributed by atoms with Crippen LogP contribution >= 0.6 is 27.3 Å². The maximum absolute atomic E-state index is 5.46. The van der Waals surface area contributed by atoms with Crippen LogP contribution < -0.4 is 0 Å². The van der Waals surface area contributed by atoms with Gasteiger partial charge in [-0.3, -0.25) is 0 Å². The van der Waals surface area contributed by atoms with Gasteiger partial charge >= 0.3 is 0 Å². The molecule has 1 rings (SSSR count). The summed E-state index contributed by atoms with van der Waals surface area (Å²) >= 11 is 5.10. The lowest BCUT2D eigenvalue weighted by atomic mass is 10.3. The van der Waals surface area contributed by atoms with Crippen molar-refractivity contribution in [3.63, 3.8) is 0 Å². The van der Waals surface area contributed by atoms with Crippen molar-refractivity contribution in [3.8, 4) is 0 Å². The number of halogens is 1. The average molecular weight is 295 g/mol. The molecule has 1 aromatic heterocycles. The first-order chi connectivity index (χ1) is 7.29. The van der Waals surface area contributed by atoms with Crippen molar-refractivity contribution in [2.45, 2.75) is 34.0 Å². The van der Waals surface area contributed by atoms with Crippen LogP contribution in [0.3, 0.4) is 0 Å². The Morgan fingerprint density at radius 3 is 2.07 bits per heavy atom. The summed E-state index contributed by atoms with van der Waals surface area (Å²) in [6.07, 6.45) is -0.226. The van der Waals surface area contributed by atoms with Crippen LogP contribution in [0.4, 0.5) is 0 Å². The number of hydrogen-bond acceptors (Lipinski definition) is 3. The molecule has 0 aliphatic carbocycles. The van der Waals surface area contributed by atoms with Crippen LogP contribution in [0.1, 0.15) is 39.5 Å². The maximum Gasteiger partial charge on any atom is 0.185 e. The van der Waals surface area contributed by atoms with Crippen molar-refractivity contribution in [2.24, 2.45) is 0 Å². The van der Waals surface area contributed by atoms with Crippen molar-refractivity contribution in [1.82, 2.24) is 0 Å². The largest absolute Gasteiger partial charge is 0.349 e. The molecule has 0 atom stereocenters. The Labute approximate surface area is 105 Å². The molecule has 1 heterocycles. The Kier molecular flexibility index (Phi) is 9.40. The minimum atomic E-state index is -0.226. The highest BCUT2D eigenvalue weighted by Crippen LogP contribution is 2.30. The Morgan fingerprint density at radius 2 is 1.73 bits per heavy atom. The molecule has 15 heavy (non-hydrogen) atoms. The fourth-order valence-corrected chi connectivity index (χ4v) is 2.47. The Bertz CT molecular complexity index is 244. The van der Waals surface area contributed by atoms with Gasteiger partial charge in [0.05, 0.1) is 0 Å². The van der Waals surface area contributed by atoms with Crippen LogP contribution in [0.25, 0.3) is 0 Å². The van der Waals surface area contributed by atoms with Gasteiger partial charge in [0.2, 0.25) is 0 Å². The molecule has 0 aliphatic rings. The lowest BCUT2D eigenvalue weighted by molar-refractivity contribution is -0.140. The Morgan fingerprint density at radius 1 is 1.20 bits per heavy atom. The van der Waals surface area contributed by atoms with Crippen LogP contribution in [0, 0.1) is 0 Å². The lowest BCUT2D eigenvalue weighted by Crippen LogP contribution is -2.08. The molecule has 0 N–H and O–H groups in total. The molecule has 0 aliphatic heterocycles. The van der Waals surface area contributed by atoms with Gasteiger partial charge in [-0.15, -0.1) is 0 Å². The SMILES string of the molecule is CC.CCOC(OCC)c1cscc1Br. The van der Waals surface area contributed by atoms with E-state index in [1.807, 2.05) is 38.5 Å². The summed E-state index contributed by atoms with van der Waals surface area (Å²) in [4.78, 5) is 0. The van der Waals surface area contributed by atoms with Crippen molar-refractivity contribution in [1.29, 1.82) is 0 Å². The van der Waals surface area contributed by atoms with Gasteiger partial charge in [-0.05, 0) is 29.8 Å². The predicted octanol–water partition coefficient (Wildman–Crippen LogP) is 4.61. The predicted molar refractivity (Wildman–Crippen MR) is 69.4 cm³/mol. The van der Waals surface area contributed by atoms with Crippen molar-refractivity contribution in [2.75, 3.05) is 13.2 Å². The van der Waals surface area contributed by atoms with E-state index in [1.165, 1.54) is 0 Å². The smallest absolute Gasteiger partial charge is 0.185 e. The summed E-state index contributed by atoms with van der Waals surface area (Å²) in [6.45, 7) is 9.25. The number of rotatable bonds is 5. The van der Waals surface area contributed by atoms with E-state index < -0.39 is 0 Å². The molecule has 0 saturated heterocycles. The average Bonchev–Trinajstić information content (AvgIpc) is 2.67. The second-order valence-corrected chi connectivity index (χ2v) is 4.02. The fourth-order valence-electron chi connectivity index (χ4n) is 0.990. The molecule has 4 heteroatoms. The quantitative estimate of drug-likeness (QED) is 0.739. The highest BCUT2D eigenvalue weighted by molar-refractivity contribution is 9.10. The highest BCUT2D eigenvalue weighted by Gasteiger charge is 2.14. The van der Waals surface area contributed by atoms with E-state index >= 15 is 0 Å². The van der Waals surface area contributed by atoms with E-state index in [1.54, 1.807) is 11.3 Å². The lowest BCUT2D eigenvalue weighted by Gasteiger charge is -2.16. The molecule has 0 unspecified atom stereocenters. The first-order valence-electron chi connectivity index (χ1n) is 5.24. The molecule has 1 aromatic rings. The second-order valence-electron chi connectivity index (χ2n) is 2.42. The second kappa shape index (κ2) is 9.33. The van der Waals surface area contributed by atoms with Crippen LogP contribution in [0.15, 0.2) is 15.2 Å². The zero-order valence-electron chi connectivity index (χ0n) is 9.75. The summed E-state index contributed by atoms with van der Waals surface area (Å²) in [5, 5.41) is 4.07. The number of thiophene rings is 1. The monoisotopic (exact) mass is 294 g/mol. The van der Waals surface area contributed by atoms with Gasteiger partial charge in [0.1, 0.15) is 0 Å². The normalized spacial score (nSPS) is 10.0. The molecule has 0 saturated carbocycles. The summed E-state index contributed by atoms with van der Waals surface area (Å²) < 4.78 is 12.0. The minimum Gasteiger partial charge on any atom is -0.349 e. The van der Waals surface area contributed by atoms with Crippen LogP contribution in [-0.2, 0) is 9.47 Å². The molecule has 2 nitrogen and oxygen atoms in total. The van der Waals surface area contributed by atoms with E-state index in [2.05, 4.69) is 15.9 Å². The van der Waals surface area contributed by atoms with Gasteiger partial charge in [0.15, 0.2) is 6.29 Å². The Hall–Kier alpha value is 0.100. The number of ether oxygens (including phenoxy) is 2. The van der Waals surface area contributed by atoms with Gasteiger partial charge in [-0.2, -0.15) is 11.3 Å². The van der Waals surface area contributed by atoms with E-state index in [0.29, 0.717) is 13.2 Å². The first-order valence-corrected chi connectivity index (χ1v) is 6.98. The molecule has 0 amide bonds. The maximum atomic E-state index is 5.46. The molecule has 88 valence electrons. The zero-order valence-corrected chi connectivity index (χ0v) is 12.2. The molecule has 0 fully saturated rings. The van der Waals surface area contributed by atoms with Crippen molar-refractivity contribution in [3.05, 3.63) is 20.8 Å². The van der Waals surface area contributed by atoms with Crippen LogP contribution in [0.5, 0.6) is 0 Å². The molecular weight excluding hydrogens is 276 g/mol. The molecule has 0 bridgehead atoms. The molecule has 0 radical (unpaired) electrons. The molecule has 0 aromatic carbocycles. The summed E-state index contributed by atoms with van der Waals surface area (Å²) in [5.74, 6) is 0. The fraction of sp³-hybridized carbons (Fsp3) is 0.636. The van der Waals surface area contributed by atoms with Gasteiger partial charge in [0.25, 0.3) is 0 Å². The van der Waals surface area contributed by atoms with Crippen LogP contribution in [0.2, 0.25) is 0 Å².